The average molecular weight is 447 g/mol. The van der Waals surface area contributed by atoms with Gasteiger partial charge in [0.2, 0.25) is 0 Å². The molecule has 0 amide bonds. The minimum Gasteiger partial charge on any atom is -0.357 e. The molecule has 4 rings (SSSR count). The number of fused-ring (bicyclic) bond motifs is 2. The Morgan fingerprint density at radius 3 is 2.62 bits per heavy atom. The maximum Gasteiger partial charge on any atom is 0.0470 e. The van der Waals surface area contributed by atoms with E-state index in [4.69, 9.17) is 0 Å². The number of aromatic amines is 1. The number of H-pyrrole nitrogens is 1. The second kappa shape index (κ2) is 8.17. The Morgan fingerprint density at radius 2 is 1.83 bits per heavy atom. The minimum atomic E-state index is -0.0980. The van der Waals surface area contributed by atoms with E-state index in [-0.39, 0.29) is 5.41 Å². The molecule has 3 aromatic carbocycles. The van der Waals surface area contributed by atoms with E-state index in [1.807, 2.05) is 6.08 Å². The van der Waals surface area contributed by atoms with Crippen molar-refractivity contribution in [1.82, 2.24) is 10.3 Å². The molecular weight excluding hydrogens is 420 g/mol. The lowest BCUT2D eigenvalue weighted by molar-refractivity contribution is 0.630. The largest absolute Gasteiger partial charge is 0.357 e. The highest BCUT2D eigenvalue weighted by atomic mass is 79.9. The maximum atomic E-state index is 4.05. The molecule has 0 atom stereocenters. The molecule has 29 heavy (non-hydrogen) atoms. The predicted molar refractivity (Wildman–Crippen MR) is 129 cm³/mol. The van der Waals surface area contributed by atoms with Crippen molar-refractivity contribution in [3.05, 3.63) is 94.6 Å². The zero-order chi connectivity index (χ0) is 20.4. The van der Waals surface area contributed by atoms with Crippen LogP contribution in [0, 0.1) is 0 Å². The molecular formula is C26H27BrN2. The molecule has 0 aliphatic rings. The Bertz CT molecular complexity index is 1170. The fourth-order valence-corrected chi connectivity index (χ4v) is 4.30. The van der Waals surface area contributed by atoms with Crippen molar-refractivity contribution in [3.8, 4) is 0 Å². The fraction of sp³-hybridized carbons (Fsp3) is 0.231. The average Bonchev–Trinajstić information content (AvgIpc) is 3.09. The van der Waals surface area contributed by atoms with Crippen LogP contribution >= 0.6 is 15.9 Å². The van der Waals surface area contributed by atoms with Crippen LogP contribution in [0.2, 0.25) is 0 Å². The lowest BCUT2D eigenvalue weighted by Gasteiger charge is -2.21. The summed E-state index contributed by atoms with van der Waals surface area (Å²) in [6.45, 7) is 10.3. The quantitative estimate of drug-likeness (QED) is 0.235. The standard InChI is InChI=1S/C26H27BrN2/c1-4-26(2,3)25-23(22-12-11-21(27)16-24(22)29-25)13-14-28-17-18-9-10-19-7-5-6-8-20(19)15-18/h4-12,15-16,28-29H,1,13-14,17H2,2-3H3. The topological polar surface area (TPSA) is 27.8 Å². The Morgan fingerprint density at radius 1 is 1.03 bits per heavy atom. The van der Waals surface area contributed by atoms with Crippen LogP contribution in [0.15, 0.2) is 77.8 Å². The molecule has 0 aliphatic carbocycles. The van der Waals surface area contributed by atoms with Gasteiger partial charge in [-0.3, -0.25) is 0 Å². The van der Waals surface area contributed by atoms with Crippen molar-refractivity contribution in [3.63, 3.8) is 0 Å². The molecule has 148 valence electrons. The molecule has 2 N–H and O–H groups in total. The van der Waals surface area contributed by atoms with E-state index in [2.05, 4.69) is 107 Å². The van der Waals surface area contributed by atoms with Gasteiger partial charge in [0, 0.05) is 33.0 Å². The van der Waals surface area contributed by atoms with Gasteiger partial charge in [-0.15, -0.1) is 6.58 Å². The van der Waals surface area contributed by atoms with Crippen LogP contribution < -0.4 is 5.32 Å². The van der Waals surface area contributed by atoms with Crippen molar-refractivity contribution < 1.29 is 0 Å². The lowest BCUT2D eigenvalue weighted by Crippen LogP contribution is -2.20. The predicted octanol–water partition coefficient (Wildman–Crippen LogP) is 6.88. The summed E-state index contributed by atoms with van der Waals surface area (Å²) in [7, 11) is 0. The highest BCUT2D eigenvalue weighted by Gasteiger charge is 2.24. The lowest BCUT2D eigenvalue weighted by atomic mass is 9.86. The van der Waals surface area contributed by atoms with Gasteiger partial charge in [0.25, 0.3) is 0 Å². The summed E-state index contributed by atoms with van der Waals surface area (Å²) >= 11 is 3.59. The molecule has 0 unspecified atom stereocenters. The number of allylic oxidation sites excluding steroid dienone is 1. The molecule has 0 saturated carbocycles. The van der Waals surface area contributed by atoms with Crippen LogP contribution in [0.5, 0.6) is 0 Å². The monoisotopic (exact) mass is 446 g/mol. The first kappa shape index (κ1) is 19.9. The second-order valence-electron chi connectivity index (χ2n) is 8.20. The van der Waals surface area contributed by atoms with Crippen LogP contribution in [-0.2, 0) is 18.4 Å². The first-order valence-electron chi connectivity index (χ1n) is 10.1. The van der Waals surface area contributed by atoms with Gasteiger partial charge in [0.1, 0.15) is 0 Å². The molecule has 4 aromatic rings. The van der Waals surface area contributed by atoms with Crippen molar-refractivity contribution >= 4 is 37.6 Å². The van der Waals surface area contributed by atoms with E-state index in [1.165, 1.54) is 38.5 Å². The summed E-state index contributed by atoms with van der Waals surface area (Å²) < 4.78 is 1.09. The maximum absolute atomic E-state index is 4.05. The number of rotatable bonds is 7. The van der Waals surface area contributed by atoms with Crippen molar-refractivity contribution in [2.45, 2.75) is 32.2 Å². The van der Waals surface area contributed by atoms with Crippen molar-refractivity contribution in [1.29, 1.82) is 0 Å². The molecule has 2 nitrogen and oxygen atoms in total. The molecule has 1 heterocycles. The summed E-state index contributed by atoms with van der Waals surface area (Å²) in [6, 6.07) is 21.7. The number of hydrogen-bond acceptors (Lipinski definition) is 1. The van der Waals surface area contributed by atoms with E-state index in [1.54, 1.807) is 0 Å². The number of halogens is 1. The van der Waals surface area contributed by atoms with Crippen LogP contribution in [0.1, 0.15) is 30.7 Å². The van der Waals surface area contributed by atoms with Gasteiger partial charge >= 0.3 is 0 Å². The number of nitrogens with one attached hydrogen (secondary N) is 2. The third-order valence-electron chi connectivity index (χ3n) is 5.72. The summed E-state index contributed by atoms with van der Waals surface area (Å²) in [4.78, 5) is 3.65. The van der Waals surface area contributed by atoms with Gasteiger partial charge in [-0.1, -0.05) is 78.3 Å². The molecule has 0 aliphatic heterocycles. The van der Waals surface area contributed by atoms with E-state index in [0.29, 0.717) is 0 Å². The van der Waals surface area contributed by atoms with Gasteiger partial charge in [0.05, 0.1) is 0 Å². The summed E-state index contributed by atoms with van der Waals surface area (Å²) in [6.07, 6.45) is 3.00. The van der Waals surface area contributed by atoms with E-state index in [9.17, 15) is 0 Å². The van der Waals surface area contributed by atoms with E-state index in [0.717, 1.165) is 24.0 Å². The summed E-state index contributed by atoms with van der Waals surface area (Å²) in [5.41, 5.74) is 5.03. The number of benzene rings is 3. The molecule has 0 saturated heterocycles. The summed E-state index contributed by atoms with van der Waals surface area (Å²) in [5.74, 6) is 0. The Hall–Kier alpha value is -2.36. The normalized spacial score (nSPS) is 12.0. The number of aromatic nitrogens is 1. The van der Waals surface area contributed by atoms with E-state index >= 15 is 0 Å². The molecule has 1 aromatic heterocycles. The third kappa shape index (κ3) is 4.17. The first-order valence-corrected chi connectivity index (χ1v) is 10.9. The van der Waals surface area contributed by atoms with Gasteiger partial charge in [-0.2, -0.15) is 0 Å². The van der Waals surface area contributed by atoms with Crippen LogP contribution in [0.25, 0.3) is 21.7 Å². The highest BCUT2D eigenvalue weighted by Crippen LogP contribution is 2.33. The third-order valence-corrected chi connectivity index (χ3v) is 6.21. The Balaban J connectivity index is 1.51. The zero-order valence-corrected chi connectivity index (χ0v) is 18.6. The first-order chi connectivity index (χ1) is 14.0. The molecule has 0 fully saturated rings. The minimum absolute atomic E-state index is 0.0980. The molecule has 3 heteroatoms. The van der Waals surface area contributed by atoms with Gasteiger partial charge in [0.15, 0.2) is 0 Å². The van der Waals surface area contributed by atoms with Crippen LogP contribution in [0.3, 0.4) is 0 Å². The van der Waals surface area contributed by atoms with Crippen molar-refractivity contribution in [2.24, 2.45) is 0 Å². The highest BCUT2D eigenvalue weighted by molar-refractivity contribution is 9.10. The van der Waals surface area contributed by atoms with Gasteiger partial charge < -0.3 is 10.3 Å². The second-order valence-corrected chi connectivity index (χ2v) is 9.12. The summed E-state index contributed by atoms with van der Waals surface area (Å²) in [5, 5.41) is 7.51. The van der Waals surface area contributed by atoms with Gasteiger partial charge in [-0.05, 0) is 53.1 Å². The fourth-order valence-electron chi connectivity index (χ4n) is 3.93. The van der Waals surface area contributed by atoms with Gasteiger partial charge in [-0.25, -0.2) is 0 Å². The van der Waals surface area contributed by atoms with Crippen LogP contribution in [-0.4, -0.2) is 11.5 Å². The Kier molecular flexibility index (Phi) is 5.62. The molecule has 0 spiro atoms. The molecule has 0 radical (unpaired) electrons. The zero-order valence-electron chi connectivity index (χ0n) is 17.1. The molecule has 0 bridgehead atoms. The van der Waals surface area contributed by atoms with Crippen LogP contribution in [0.4, 0.5) is 0 Å². The number of hydrogen-bond donors (Lipinski definition) is 2. The van der Waals surface area contributed by atoms with Crippen molar-refractivity contribution in [2.75, 3.05) is 6.54 Å². The Labute approximate surface area is 181 Å². The SMILES string of the molecule is C=CC(C)(C)c1[nH]c2cc(Br)ccc2c1CCNCc1ccc2ccccc2c1. The van der Waals surface area contributed by atoms with E-state index < -0.39 is 0 Å². The smallest absolute Gasteiger partial charge is 0.0470 e.